The zero-order chi connectivity index (χ0) is 14.7. The molecule has 0 saturated carbocycles. The van der Waals surface area contributed by atoms with Crippen LogP contribution in [0.15, 0.2) is 29.6 Å². The Morgan fingerprint density at radius 3 is 2.90 bits per heavy atom. The summed E-state index contributed by atoms with van der Waals surface area (Å²) in [5, 5.41) is 22.6. The molecule has 0 radical (unpaired) electrons. The Bertz CT molecular complexity index is 565. The van der Waals surface area contributed by atoms with Crippen molar-refractivity contribution in [3.63, 3.8) is 0 Å². The van der Waals surface area contributed by atoms with E-state index in [1.54, 1.807) is 12.3 Å². The Morgan fingerprint density at radius 1 is 1.62 bits per heavy atom. The van der Waals surface area contributed by atoms with E-state index in [-0.39, 0.29) is 22.5 Å². The molecule has 21 heavy (non-hydrogen) atoms. The maximum atomic E-state index is 11.2. The van der Waals surface area contributed by atoms with Gasteiger partial charge < -0.3 is 20.7 Å². The van der Waals surface area contributed by atoms with Gasteiger partial charge in [0, 0.05) is 11.0 Å². The normalized spacial score (nSPS) is 27.5. The molecule has 1 amide bonds. The van der Waals surface area contributed by atoms with Crippen LogP contribution >= 0.6 is 17.0 Å². The van der Waals surface area contributed by atoms with Crippen LogP contribution in [0.1, 0.15) is 16.6 Å². The summed E-state index contributed by atoms with van der Waals surface area (Å²) >= 11 is 0. The summed E-state index contributed by atoms with van der Waals surface area (Å²) in [6, 6.07) is 2.19. The van der Waals surface area contributed by atoms with Crippen molar-refractivity contribution in [3.05, 3.63) is 40.5 Å². The summed E-state index contributed by atoms with van der Waals surface area (Å²) in [6.07, 6.45) is 0.200. The average Bonchev–Trinajstić information content (AvgIpc) is 2.76. The Balaban J connectivity index is 0.00000220. The minimum atomic E-state index is -1.13. The van der Waals surface area contributed by atoms with Gasteiger partial charge in [0.25, 0.3) is 12.1 Å². The molecule has 0 aliphatic carbocycles. The number of pyridine rings is 1. The Hall–Kier alpha value is -1.71. The topological polar surface area (TPSA) is 145 Å². The van der Waals surface area contributed by atoms with Crippen LogP contribution in [0.2, 0.25) is 0 Å². The van der Waals surface area contributed by atoms with Gasteiger partial charge in [0.15, 0.2) is 18.4 Å². The number of rotatable bonds is 4. The summed E-state index contributed by atoms with van der Waals surface area (Å²) in [7, 11) is 0. The van der Waals surface area contributed by atoms with E-state index in [9.17, 15) is 9.90 Å². The Morgan fingerprint density at radius 2 is 2.33 bits per heavy atom. The monoisotopic (exact) mass is 360 g/mol. The number of carbonyl (C=O) groups is 1. The van der Waals surface area contributed by atoms with Gasteiger partial charge in [-0.15, -0.1) is 17.0 Å². The maximum absolute atomic E-state index is 11.2. The van der Waals surface area contributed by atoms with Crippen molar-refractivity contribution in [3.8, 4) is 0 Å². The Labute approximate surface area is 130 Å². The van der Waals surface area contributed by atoms with Gasteiger partial charge in [0.05, 0.1) is 6.61 Å². The van der Waals surface area contributed by atoms with Gasteiger partial charge in [-0.1, -0.05) is 5.11 Å². The third-order valence-electron chi connectivity index (χ3n) is 3.10. The van der Waals surface area contributed by atoms with Crippen molar-refractivity contribution in [2.24, 2.45) is 10.8 Å². The second-order valence-corrected chi connectivity index (χ2v) is 4.34. The average molecular weight is 361 g/mol. The molecule has 1 aliphatic rings. The molecule has 10 heteroatoms. The van der Waals surface area contributed by atoms with Crippen molar-refractivity contribution in [2.45, 2.75) is 24.5 Å². The Kier molecular flexibility index (Phi) is 6.06. The first kappa shape index (κ1) is 17.3. The highest BCUT2D eigenvalue weighted by atomic mass is 79.9. The number of ether oxygens (including phenoxy) is 1. The number of primary amides is 1. The molecule has 2 rings (SSSR count). The molecule has 1 fully saturated rings. The summed E-state index contributed by atoms with van der Waals surface area (Å²) < 4.78 is 6.93. The predicted molar refractivity (Wildman–Crippen MR) is 75.4 cm³/mol. The number of azide groups is 1. The van der Waals surface area contributed by atoms with E-state index >= 15 is 0 Å². The van der Waals surface area contributed by atoms with Gasteiger partial charge >= 0.3 is 0 Å². The molecule has 4 N–H and O–H groups in total. The van der Waals surface area contributed by atoms with Gasteiger partial charge in [-0.3, -0.25) is 4.79 Å². The number of nitrogens with zero attached hydrogens (tertiary/aromatic N) is 4. The number of nitrogens with two attached hydrogens (primary N) is 1. The van der Waals surface area contributed by atoms with Crippen LogP contribution in [0, 0.1) is 0 Å². The van der Waals surface area contributed by atoms with Gasteiger partial charge in [-0.2, -0.15) is 4.57 Å². The van der Waals surface area contributed by atoms with Crippen LogP contribution < -0.4 is 10.3 Å². The standard InChI is InChI=1S/C11H13N5O4.BrH/c12-10(19)6-2-1-3-16(4-6)11-8(14-15-13)9(18)7(5-17)20-11;/h1-4,7-9,11,17-18H,5H2,(H-,12,19);1H/p+1/t7-,8-,9-,11-;/m1./s1. The zero-order valence-electron chi connectivity index (χ0n) is 10.8. The fraction of sp³-hybridized carbons (Fsp3) is 0.455. The number of hydrogen-bond donors (Lipinski definition) is 3. The van der Waals surface area contributed by atoms with Crippen LogP contribution in [-0.2, 0) is 4.74 Å². The van der Waals surface area contributed by atoms with Crippen molar-refractivity contribution in [1.82, 2.24) is 0 Å². The molecule has 4 atom stereocenters. The summed E-state index contributed by atoms with van der Waals surface area (Å²) in [6.45, 7) is -0.412. The van der Waals surface area contributed by atoms with Crippen LogP contribution in [0.5, 0.6) is 0 Å². The van der Waals surface area contributed by atoms with Gasteiger partial charge in [0.2, 0.25) is 0 Å². The van der Waals surface area contributed by atoms with Gasteiger partial charge in [0.1, 0.15) is 17.8 Å². The summed E-state index contributed by atoms with van der Waals surface area (Å²) in [5.41, 5.74) is 14.0. The smallest absolute Gasteiger partial charge is 0.274 e. The molecule has 1 aliphatic heterocycles. The quantitative estimate of drug-likeness (QED) is 0.289. The van der Waals surface area contributed by atoms with E-state index in [0.717, 1.165) is 0 Å². The predicted octanol–water partition coefficient (Wildman–Crippen LogP) is -0.420. The molecular formula is C11H15BrN5O4+. The molecule has 1 aromatic rings. The number of aromatic nitrogens is 1. The lowest BCUT2D eigenvalue weighted by atomic mass is 10.1. The lowest BCUT2D eigenvalue weighted by Gasteiger charge is -2.10. The SMILES string of the molecule is Br.[N-]=[N+]=N[C@@H]1[C@H](O)[C@@H](CO)O[C@H]1[n+]1cccc(C(N)=O)c1. The minimum Gasteiger partial charge on any atom is -0.394 e. The fourth-order valence-electron chi connectivity index (χ4n) is 2.11. The van der Waals surface area contributed by atoms with Gasteiger partial charge in [-0.05, 0) is 11.6 Å². The maximum Gasteiger partial charge on any atom is 0.274 e. The first-order valence-electron chi connectivity index (χ1n) is 5.87. The molecule has 0 spiro atoms. The molecule has 9 nitrogen and oxygen atoms in total. The van der Waals surface area contributed by atoms with Crippen molar-refractivity contribution in [2.75, 3.05) is 6.61 Å². The van der Waals surface area contributed by atoms with Gasteiger partial charge in [-0.25, -0.2) is 0 Å². The van der Waals surface area contributed by atoms with E-state index in [1.807, 2.05) is 0 Å². The lowest BCUT2D eigenvalue weighted by Crippen LogP contribution is -2.45. The molecule has 0 unspecified atom stereocenters. The number of aliphatic hydroxyl groups is 2. The van der Waals surface area contributed by atoms with Crippen molar-refractivity contribution < 1.29 is 24.3 Å². The molecule has 114 valence electrons. The van der Waals surface area contributed by atoms with Crippen LogP contribution in [0.25, 0.3) is 10.4 Å². The summed E-state index contributed by atoms with van der Waals surface area (Å²) in [4.78, 5) is 13.8. The van der Waals surface area contributed by atoms with Crippen LogP contribution in [-0.4, -0.2) is 41.0 Å². The molecule has 2 heterocycles. The fourth-order valence-corrected chi connectivity index (χ4v) is 2.11. The highest BCUT2D eigenvalue weighted by Gasteiger charge is 2.48. The molecule has 0 bridgehead atoms. The van der Waals surface area contributed by atoms with E-state index in [0.29, 0.717) is 0 Å². The number of carbonyl (C=O) groups excluding carboxylic acids is 1. The van der Waals surface area contributed by atoms with Crippen LogP contribution in [0.3, 0.4) is 0 Å². The number of hydrogen-bond acceptors (Lipinski definition) is 5. The van der Waals surface area contributed by atoms with Crippen molar-refractivity contribution >= 4 is 22.9 Å². The first-order valence-corrected chi connectivity index (χ1v) is 5.87. The minimum absolute atomic E-state index is 0. The largest absolute Gasteiger partial charge is 0.394 e. The summed E-state index contributed by atoms with van der Waals surface area (Å²) in [5.74, 6) is -0.614. The number of aliphatic hydroxyl groups excluding tert-OH is 2. The molecule has 1 saturated heterocycles. The van der Waals surface area contributed by atoms with E-state index in [4.69, 9.17) is 21.1 Å². The van der Waals surface area contributed by atoms with Crippen LogP contribution in [0.4, 0.5) is 0 Å². The van der Waals surface area contributed by atoms with E-state index in [1.165, 1.54) is 16.8 Å². The highest BCUT2D eigenvalue weighted by Crippen LogP contribution is 2.28. The number of amides is 1. The van der Waals surface area contributed by atoms with Crippen molar-refractivity contribution in [1.29, 1.82) is 0 Å². The number of halogens is 1. The van der Waals surface area contributed by atoms with E-state index in [2.05, 4.69) is 10.0 Å². The highest BCUT2D eigenvalue weighted by molar-refractivity contribution is 8.93. The third kappa shape index (κ3) is 3.49. The second-order valence-electron chi connectivity index (χ2n) is 4.34. The molecule has 1 aromatic heterocycles. The zero-order valence-corrected chi connectivity index (χ0v) is 12.5. The van der Waals surface area contributed by atoms with E-state index < -0.39 is 37.0 Å². The second kappa shape index (κ2) is 7.34. The molecule has 0 aromatic carbocycles. The first-order chi connectivity index (χ1) is 9.58. The third-order valence-corrected chi connectivity index (χ3v) is 3.10. The lowest BCUT2D eigenvalue weighted by molar-refractivity contribution is -0.761. The molecular weight excluding hydrogens is 346 g/mol.